The molecule has 2 rings (SSSR count). The van der Waals surface area contributed by atoms with Gasteiger partial charge in [-0.3, -0.25) is 4.79 Å². The number of carbonyl (C=O) groups excluding carboxylic acids is 1. The van der Waals surface area contributed by atoms with E-state index in [1.165, 1.54) is 62.5 Å². The van der Waals surface area contributed by atoms with Crippen LogP contribution in [0.4, 0.5) is 0 Å². The van der Waals surface area contributed by atoms with E-state index >= 15 is 0 Å². The average Bonchev–Trinajstić information content (AvgIpc) is 3.09. The van der Waals surface area contributed by atoms with Gasteiger partial charge in [0, 0.05) is 6.42 Å². The monoisotopic (exact) mass is 355 g/mol. The Hall–Kier alpha value is -1.97. The van der Waals surface area contributed by atoms with Crippen LogP contribution in [-0.2, 0) is 0 Å². The van der Waals surface area contributed by atoms with Crippen molar-refractivity contribution in [3.05, 3.63) is 36.4 Å². The van der Waals surface area contributed by atoms with Crippen LogP contribution in [0.1, 0.15) is 88.8 Å². The Morgan fingerprint density at radius 2 is 1.54 bits per heavy atom. The molecule has 0 amide bonds. The average molecular weight is 356 g/mol. The number of nitrogens with zero attached hydrogens (tertiary/aromatic N) is 3. The van der Waals surface area contributed by atoms with E-state index in [1.807, 2.05) is 24.3 Å². The highest BCUT2D eigenvalue weighted by Crippen LogP contribution is 2.14. The Labute approximate surface area is 157 Å². The molecule has 0 bridgehead atoms. The van der Waals surface area contributed by atoms with Crippen LogP contribution in [0.15, 0.2) is 36.4 Å². The van der Waals surface area contributed by atoms with Gasteiger partial charge < -0.3 is 0 Å². The Bertz CT molecular complexity index is 675. The minimum atomic E-state index is 0.0524. The zero-order valence-corrected chi connectivity index (χ0v) is 16.2. The third-order valence-corrected chi connectivity index (χ3v) is 4.84. The van der Waals surface area contributed by atoms with Crippen molar-refractivity contribution in [2.24, 2.45) is 0 Å². The second-order valence-corrected chi connectivity index (χ2v) is 7.03. The first-order valence-electron chi connectivity index (χ1n) is 10.3. The smallest absolute Gasteiger partial charge is 0.248 e. The zero-order chi connectivity index (χ0) is 18.5. The highest BCUT2D eigenvalue weighted by atomic mass is 16.2. The molecule has 0 saturated heterocycles. The van der Waals surface area contributed by atoms with Crippen molar-refractivity contribution in [3.8, 4) is 0 Å². The SMILES string of the molecule is C/C=C/CCCCCCCCCCCCC(=O)n1nnc2ccccc21. The van der Waals surface area contributed by atoms with Crippen molar-refractivity contribution in [3.63, 3.8) is 0 Å². The van der Waals surface area contributed by atoms with Crippen molar-refractivity contribution < 1.29 is 4.79 Å². The molecule has 0 spiro atoms. The number of carbonyl (C=O) groups is 1. The molecule has 0 saturated carbocycles. The summed E-state index contributed by atoms with van der Waals surface area (Å²) in [6.07, 6.45) is 18.9. The summed E-state index contributed by atoms with van der Waals surface area (Å²) in [5.74, 6) is 0.0524. The summed E-state index contributed by atoms with van der Waals surface area (Å²) in [4.78, 5) is 12.3. The van der Waals surface area contributed by atoms with Gasteiger partial charge >= 0.3 is 0 Å². The van der Waals surface area contributed by atoms with Gasteiger partial charge in [0.2, 0.25) is 5.91 Å². The van der Waals surface area contributed by atoms with Crippen LogP contribution in [0.25, 0.3) is 11.0 Å². The van der Waals surface area contributed by atoms with Gasteiger partial charge in [-0.05, 0) is 38.3 Å². The molecule has 0 aliphatic carbocycles. The van der Waals surface area contributed by atoms with Crippen molar-refractivity contribution in [1.29, 1.82) is 0 Å². The molecule has 0 fully saturated rings. The Morgan fingerprint density at radius 3 is 2.23 bits per heavy atom. The molecule has 4 nitrogen and oxygen atoms in total. The van der Waals surface area contributed by atoms with Gasteiger partial charge in [-0.1, -0.05) is 80.9 Å². The normalized spacial score (nSPS) is 11.6. The van der Waals surface area contributed by atoms with Crippen LogP contribution in [0.3, 0.4) is 0 Å². The predicted molar refractivity (Wildman–Crippen MR) is 108 cm³/mol. The van der Waals surface area contributed by atoms with Gasteiger partial charge in [0.05, 0.1) is 5.52 Å². The first-order chi connectivity index (χ1) is 12.8. The Balaban J connectivity index is 1.46. The minimum Gasteiger partial charge on any atom is -0.273 e. The molecule has 1 aromatic carbocycles. The standard InChI is InChI=1S/C22H33N3O/c1-2-3-4-5-6-7-8-9-10-11-12-13-14-19-22(26)25-21-18-16-15-17-20(21)23-24-25/h2-3,15-18H,4-14,19H2,1H3/b3-2+. The van der Waals surface area contributed by atoms with Gasteiger partial charge in [0.25, 0.3) is 0 Å². The summed E-state index contributed by atoms with van der Waals surface area (Å²) in [5.41, 5.74) is 1.59. The lowest BCUT2D eigenvalue weighted by Crippen LogP contribution is -2.12. The second kappa shape index (κ2) is 12.4. The molecule has 1 heterocycles. The van der Waals surface area contributed by atoms with E-state index in [9.17, 15) is 4.79 Å². The van der Waals surface area contributed by atoms with Crippen LogP contribution >= 0.6 is 0 Å². The lowest BCUT2D eigenvalue weighted by Gasteiger charge is -2.03. The third-order valence-electron chi connectivity index (χ3n) is 4.84. The predicted octanol–water partition coefficient (Wildman–Crippen LogP) is 6.33. The van der Waals surface area contributed by atoms with E-state index in [1.54, 1.807) is 0 Å². The fourth-order valence-electron chi connectivity index (χ4n) is 3.28. The maximum absolute atomic E-state index is 12.3. The summed E-state index contributed by atoms with van der Waals surface area (Å²) >= 11 is 0. The van der Waals surface area contributed by atoms with E-state index in [0.29, 0.717) is 6.42 Å². The maximum atomic E-state index is 12.3. The summed E-state index contributed by atoms with van der Waals surface area (Å²) in [5, 5.41) is 8.03. The number of fused-ring (bicyclic) bond motifs is 1. The number of aromatic nitrogens is 3. The molecule has 0 radical (unpaired) electrons. The van der Waals surface area contributed by atoms with Crippen molar-refractivity contribution >= 4 is 16.9 Å². The van der Waals surface area contributed by atoms with Gasteiger partial charge in [-0.15, -0.1) is 5.10 Å². The molecule has 0 unspecified atom stereocenters. The molecule has 0 atom stereocenters. The first-order valence-corrected chi connectivity index (χ1v) is 10.3. The molecule has 26 heavy (non-hydrogen) atoms. The largest absolute Gasteiger partial charge is 0.273 e. The number of hydrogen-bond donors (Lipinski definition) is 0. The van der Waals surface area contributed by atoms with E-state index in [2.05, 4.69) is 29.4 Å². The fraction of sp³-hybridized carbons (Fsp3) is 0.591. The first kappa shape index (κ1) is 20.3. The summed E-state index contributed by atoms with van der Waals surface area (Å²) in [7, 11) is 0. The minimum absolute atomic E-state index is 0.0524. The lowest BCUT2D eigenvalue weighted by molar-refractivity contribution is 0.0886. The summed E-state index contributed by atoms with van der Waals surface area (Å²) < 4.78 is 1.45. The molecular weight excluding hydrogens is 322 g/mol. The third kappa shape index (κ3) is 7.11. The van der Waals surface area contributed by atoms with E-state index < -0.39 is 0 Å². The van der Waals surface area contributed by atoms with Crippen LogP contribution in [0, 0.1) is 0 Å². The summed E-state index contributed by atoms with van der Waals surface area (Å²) in [6, 6.07) is 7.61. The molecule has 1 aromatic heterocycles. The van der Waals surface area contributed by atoms with Crippen molar-refractivity contribution in [2.75, 3.05) is 0 Å². The molecule has 2 aromatic rings. The molecule has 0 aliphatic rings. The number of para-hydroxylation sites is 1. The second-order valence-electron chi connectivity index (χ2n) is 7.03. The number of unbranched alkanes of at least 4 members (excludes halogenated alkanes) is 10. The van der Waals surface area contributed by atoms with Gasteiger partial charge in [0.1, 0.15) is 5.52 Å². The quantitative estimate of drug-likeness (QED) is 0.311. The van der Waals surface area contributed by atoms with Crippen LogP contribution in [0.5, 0.6) is 0 Å². The molecule has 0 N–H and O–H groups in total. The van der Waals surface area contributed by atoms with E-state index in [4.69, 9.17) is 0 Å². The van der Waals surface area contributed by atoms with Crippen LogP contribution in [-0.4, -0.2) is 20.9 Å². The van der Waals surface area contributed by atoms with Crippen LogP contribution < -0.4 is 0 Å². The van der Waals surface area contributed by atoms with Crippen molar-refractivity contribution in [2.45, 2.75) is 84.0 Å². The fourth-order valence-corrected chi connectivity index (χ4v) is 3.28. The Kier molecular flexibility index (Phi) is 9.70. The topological polar surface area (TPSA) is 47.8 Å². The maximum Gasteiger partial charge on any atom is 0.248 e. The van der Waals surface area contributed by atoms with Crippen LogP contribution in [0.2, 0.25) is 0 Å². The number of allylic oxidation sites excluding steroid dienone is 2. The number of rotatable bonds is 13. The Morgan fingerprint density at radius 1 is 0.923 bits per heavy atom. The van der Waals surface area contributed by atoms with E-state index in [-0.39, 0.29) is 5.91 Å². The summed E-state index contributed by atoms with van der Waals surface area (Å²) in [6.45, 7) is 2.09. The number of hydrogen-bond acceptors (Lipinski definition) is 3. The lowest BCUT2D eigenvalue weighted by atomic mass is 10.0. The highest BCUT2D eigenvalue weighted by Gasteiger charge is 2.10. The molecular formula is C22H33N3O. The van der Waals surface area contributed by atoms with Gasteiger partial charge in [-0.25, -0.2) is 0 Å². The molecule has 0 aliphatic heterocycles. The van der Waals surface area contributed by atoms with E-state index in [0.717, 1.165) is 23.9 Å². The zero-order valence-electron chi connectivity index (χ0n) is 16.2. The molecule has 142 valence electrons. The van der Waals surface area contributed by atoms with Crippen molar-refractivity contribution in [1.82, 2.24) is 15.0 Å². The molecule has 4 heteroatoms. The van der Waals surface area contributed by atoms with Gasteiger partial charge in [0.15, 0.2) is 0 Å². The number of benzene rings is 1. The van der Waals surface area contributed by atoms with Gasteiger partial charge in [-0.2, -0.15) is 4.68 Å². The highest BCUT2D eigenvalue weighted by molar-refractivity contribution is 5.88.